The minimum atomic E-state index is -2.17. The minimum Gasteiger partial charge on any atom is -0.399 e. The number of anilines is 2. The lowest BCUT2D eigenvalue weighted by Gasteiger charge is -2.16. The fourth-order valence-electron chi connectivity index (χ4n) is 0.886. The van der Waals surface area contributed by atoms with E-state index in [4.69, 9.17) is 5.73 Å². The SMILES string of the molecule is CC(O)(Nc1ccc(N)cc1)[N+](=O)[O-]. The van der Waals surface area contributed by atoms with Crippen LogP contribution >= 0.6 is 0 Å². The van der Waals surface area contributed by atoms with E-state index in [1.54, 1.807) is 24.3 Å². The number of rotatable bonds is 3. The van der Waals surface area contributed by atoms with Gasteiger partial charge in [-0.15, -0.1) is 0 Å². The Hall–Kier alpha value is -1.82. The van der Waals surface area contributed by atoms with Crippen molar-refractivity contribution in [2.24, 2.45) is 0 Å². The van der Waals surface area contributed by atoms with Gasteiger partial charge in [0.25, 0.3) is 0 Å². The molecule has 1 unspecified atom stereocenters. The van der Waals surface area contributed by atoms with Crippen molar-refractivity contribution in [3.63, 3.8) is 0 Å². The van der Waals surface area contributed by atoms with Gasteiger partial charge in [0, 0.05) is 11.4 Å². The van der Waals surface area contributed by atoms with Crippen LogP contribution in [-0.2, 0) is 0 Å². The first-order valence-electron chi connectivity index (χ1n) is 3.92. The van der Waals surface area contributed by atoms with Gasteiger partial charge >= 0.3 is 5.85 Å². The molecule has 0 radical (unpaired) electrons. The standard InChI is InChI=1S/C8H11N3O3/c1-8(12,11(13)14)10-7-4-2-6(9)3-5-7/h2-5,10,12H,9H2,1H3. The summed E-state index contributed by atoms with van der Waals surface area (Å²) in [5.74, 6) is -2.17. The summed E-state index contributed by atoms with van der Waals surface area (Å²) < 4.78 is 0. The molecule has 1 aromatic carbocycles. The Balaban J connectivity index is 2.79. The largest absolute Gasteiger partial charge is 0.401 e. The molecule has 1 atom stereocenters. The van der Waals surface area contributed by atoms with E-state index in [1.807, 2.05) is 0 Å². The van der Waals surface area contributed by atoms with Crippen LogP contribution in [0.3, 0.4) is 0 Å². The number of nitro groups is 1. The molecule has 0 spiro atoms. The second-order valence-electron chi connectivity index (χ2n) is 3.02. The van der Waals surface area contributed by atoms with Gasteiger partial charge in [-0.25, -0.2) is 0 Å². The maximum absolute atomic E-state index is 10.4. The Morgan fingerprint density at radius 2 is 2.00 bits per heavy atom. The van der Waals surface area contributed by atoms with Gasteiger partial charge in [-0.2, -0.15) is 0 Å². The lowest BCUT2D eigenvalue weighted by molar-refractivity contribution is -0.609. The Morgan fingerprint density at radius 3 is 2.43 bits per heavy atom. The molecular weight excluding hydrogens is 186 g/mol. The molecule has 14 heavy (non-hydrogen) atoms. The molecule has 76 valence electrons. The van der Waals surface area contributed by atoms with Crippen molar-refractivity contribution in [3.8, 4) is 0 Å². The highest BCUT2D eigenvalue weighted by Gasteiger charge is 2.33. The zero-order chi connectivity index (χ0) is 10.8. The maximum atomic E-state index is 10.4. The van der Waals surface area contributed by atoms with Crippen molar-refractivity contribution >= 4 is 11.4 Å². The molecule has 6 nitrogen and oxygen atoms in total. The van der Waals surface area contributed by atoms with Crippen molar-refractivity contribution in [1.29, 1.82) is 0 Å². The van der Waals surface area contributed by atoms with E-state index < -0.39 is 10.8 Å². The number of hydrogen-bond donors (Lipinski definition) is 3. The summed E-state index contributed by atoms with van der Waals surface area (Å²) in [6, 6.07) is 6.26. The van der Waals surface area contributed by atoms with E-state index in [-0.39, 0.29) is 0 Å². The highest BCUT2D eigenvalue weighted by molar-refractivity contribution is 5.51. The molecule has 0 bridgehead atoms. The summed E-state index contributed by atoms with van der Waals surface area (Å²) in [6.07, 6.45) is 0. The number of nitrogen functional groups attached to an aromatic ring is 1. The van der Waals surface area contributed by atoms with E-state index in [0.29, 0.717) is 11.4 Å². The Bertz CT molecular complexity index is 334. The quantitative estimate of drug-likeness (QED) is 0.285. The lowest BCUT2D eigenvalue weighted by Crippen LogP contribution is -2.42. The van der Waals surface area contributed by atoms with Crippen molar-refractivity contribution in [1.82, 2.24) is 0 Å². The number of aliphatic hydroxyl groups is 1. The maximum Gasteiger partial charge on any atom is 0.401 e. The van der Waals surface area contributed by atoms with Crippen LogP contribution < -0.4 is 11.1 Å². The fraction of sp³-hybridized carbons (Fsp3) is 0.250. The van der Waals surface area contributed by atoms with E-state index >= 15 is 0 Å². The highest BCUT2D eigenvalue weighted by Crippen LogP contribution is 2.15. The lowest BCUT2D eigenvalue weighted by atomic mass is 10.3. The first-order valence-corrected chi connectivity index (χ1v) is 3.92. The van der Waals surface area contributed by atoms with Crippen LogP contribution in [0.1, 0.15) is 6.92 Å². The second-order valence-corrected chi connectivity index (χ2v) is 3.02. The Kier molecular flexibility index (Phi) is 2.57. The third-order valence-corrected chi connectivity index (χ3v) is 1.65. The van der Waals surface area contributed by atoms with Crippen LogP contribution in [0.2, 0.25) is 0 Å². The van der Waals surface area contributed by atoms with Crippen LogP contribution in [0.5, 0.6) is 0 Å². The predicted molar refractivity (Wildman–Crippen MR) is 52.1 cm³/mol. The minimum absolute atomic E-state index is 0.431. The van der Waals surface area contributed by atoms with Gasteiger partial charge < -0.3 is 10.8 Å². The Labute approximate surface area is 80.5 Å². The van der Waals surface area contributed by atoms with E-state index in [9.17, 15) is 15.2 Å². The number of nitrogens with zero attached hydrogens (tertiary/aromatic N) is 1. The normalized spacial score (nSPS) is 14.4. The average Bonchev–Trinajstić information content (AvgIpc) is 2.08. The molecule has 0 aliphatic carbocycles. The van der Waals surface area contributed by atoms with E-state index in [1.165, 1.54) is 0 Å². The molecule has 0 fully saturated rings. The van der Waals surface area contributed by atoms with Crippen molar-refractivity contribution in [2.45, 2.75) is 12.8 Å². The molecule has 6 heteroatoms. The van der Waals surface area contributed by atoms with Crippen molar-refractivity contribution in [3.05, 3.63) is 34.4 Å². The summed E-state index contributed by atoms with van der Waals surface area (Å²) >= 11 is 0. The molecular formula is C8H11N3O3. The molecule has 0 heterocycles. The van der Waals surface area contributed by atoms with Crippen LogP contribution in [0.15, 0.2) is 24.3 Å². The number of nitrogens with two attached hydrogens (primary N) is 1. The number of benzene rings is 1. The summed E-state index contributed by atoms with van der Waals surface area (Å²) in [6.45, 7) is 1.06. The van der Waals surface area contributed by atoms with Crippen molar-refractivity contribution < 1.29 is 10.0 Å². The average molecular weight is 197 g/mol. The summed E-state index contributed by atoms with van der Waals surface area (Å²) in [7, 11) is 0. The third kappa shape index (κ3) is 2.33. The van der Waals surface area contributed by atoms with Crippen molar-refractivity contribution in [2.75, 3.05) is 11.1 Å². The zero-order valence-electron chi connectivity index (χ0n) is 7.60. The summed E-state index contributed by atoms with van der Waals surface area (Å²) in [5.41, 5.74) is 6.41. The molecule has 4 N–H and O–H groups in total. The van der Waals surface area contributed by atoms with Gasteiger partial charge in [-0.05, 0) is 24.3 Å². The van der Waals surface area contributed by atoms with Gasteiger partial charge in [0.05, 0.1) is 11.8 Å². The van der Waals surface area contributed by atoms with Crippen LogP contribution in [0.4, 0.5) is 11.4 Å². The molecule has 0 saturated carbocycles. The van der Waals surface area contributed by atoms with Gasteiger partial charge in [0.2, 0.25) is 0 Å². The van der Waals surface area contributed by atoms with Gasteiger partial charge in [-0.3, -0.25) is 15.4 Å². The van der Waals surface area contributed by atoms with Crippen LogP contribution in [0, 0.1) is 10.1 Å². The highest BCUT2D eigenvalue weighted by atomic mass is 16.7. The third-order valence-electron chi connectivity index (χ3n) is 1.65. The topological polar surface area (TPSA) is 101 Å². The predicted octanol–water partition coefficient (Wildman–Crippen LogP) is 0.623. The van der Waals surface area contributed by atoms with Crippen LogP contribution in [0.25, 0.3) is 0 Å². The zero-order valence-corrected chi connectivity index (χ0v) is 7.60. The summed E-state index contributed by atoms with van der Waals surface area (Å²) in [4.78, 5) is 9.54. The van der Waals surface area contributed by atoms with Gasteiger partial charge in [0.1, 0.15) is 0 Å². The molecule has 1 aromatic rings. The summed E-state index contributed by atoms with van der Waals surface area (Å²) in [5, 5.41) is 22.0. The second kappa shape index (κ2) is 3.51. The number of nitrogens with one attached hydrogen (secondary N) is 1. The Morgan fingerprint density at radius 1 is 1.50 bits per heavy atom. The number of hydrogen-bond acceptors (Lipinski definition) is 5. The molecule has 0 aliphatic heterocycles. The first kappa shape index (κ1) is 10.3. The fourth-order valence-corrected chi connectivity index (χ4v) is 0.886. The molecule has 0 saturated heterocycles. The molecule has 0 aromatic heterocycles. The molecule has 1 rings (SSSR count). The van der Waals surface area contributed by atoms with Gasteiger partial charge in [0.15, 0.2) is 0 Å². The van der Waals surface area contributed by atoms with E-state index in [2.05, 4.69) is 5.32 Å². The smallest absolute Gasteiger partial charge is 0.399 e. The molecule has 0 amide bonds. The molecule has 0 aliphatic rings. The van der Waals surface area contributed by atoms with Gasteiger partial charge in [-0.1, -0.05) is 0 Å². The first-order chi connectivity index (χ1) is 6.42. The van der Waals surface area contributed by atoms with E-state index in [0.717, 1.165) is 6.92 Å². The monoisotopic (exact) mass is 197 g/mol. The van der Waals surface area contributed by atoms with Crippen LogP contribution in [-0.4, -0.2) is 15.9 Å².